The number of pyridine rings is 1. The summed E-state index contributed by atoms with van der Waals surface area (Å²) < 4.78 is 32.8. The van der Waals surface area contributed by atoms with E-state index in [1.165, 1.54) is 47.5 Å². The number of hydrogen-bond acceptors (Lipinski definition) is 5. The lowest BCUT2D eigenvalue weighted by molar-refractivity contribution is 0.0403. The van der Waals surface area contributed by atoms with Crippen molar-refractivity contribution in [1.29, 1.82) is 0 Å². The molecule has 2 aliphatic heterocycles. The Balaban J connectivity index is 1.38. The standard InChI is InChI=1S/C22H21F2N5O2/c23-15-2-6-18(20(11-15)29-26-9-10-27-29)22(30)28-17-4-1-14(19(28)7-5-17)13-31-21-8-3-16(24)12-25-21/h2-3,6,8-12,14,17,19H,1,4-5,7,13H2/t14-,17?,19?/m1/s1. The van der Waals surface area contributed by atoms with Gasteiger partial charge in [0, 0.05) is 30.1 Å². The van der Waals surface area contributed by atoms with Crippen LogP contribution in [-0.2, 0) is 0 Å². The molecule has 2 bridgehead atoms. The third-order valence-electron chi connectivity index (χ3n) is 6.17. The van der Waals surface area contributed by atoms with Gasteiger partial charge in [-0.05, 0) is 43.9 Å². The van der Waals surface area contributed by atoms with Gasteiger partial charge in [0.15, 0.2) is 0 Å². The summed E-state index contributed by atoms with van der Waals surface area (Å²) in [5.74, 6) is -0.513. The highest BCUT2D eigenvalue weighted by atomic mass is 19.1. The summed E-state index contributed by atoms with van der Waals surface area (Å²) in [6.07, 6.45) is 7.73. The number of ether oxygens (including phenoxy) is 1. The summed E-state index contributed by atoms with van der Waals surface area (Å²) in [7, 11) is 0. The molecule has 0 spiro atoms. The molecule has 31 heavy (non-hydrogen) atoms. The molecule has 2 fully saturated rings. The maximum Gasteiger partial charge on any atom is 0.256 e. The van der Waals surface area contributed by atoms with Crippen LogP contribution >= 0.6 is 0 Å². The van der Waals surface area contributed by atoms with Crippen molar-refractivity contribution < 1.29 is 18.3 Å². The van der Waals surface area contributed by atoms with E-state index < -0.39 is 11.6 Å². The van der Waals surface area contributed by atoms with Crippen molar-refractivity contribution in [3.63, 3.8) is 0 Å². The largest absolute Gasteiger partial charge is 0.477 e. The van der Waals surface area contributed by atoms with Crippen molar-refractivity contribution in [2.45, 2.75) is 37.8 Å². The first-order valence-electron chi connectivity index (χ1n) is 10.3. The molecule has 1 aromatic carbocycles. The second-order valence-electron chi connectivity index (χ2n) is 7.95. The minimum absolute atomic E-state index is 0.0233. The zero-order valence-electron chi connectivity index (χ0n) is 16.7. The van der Waals surface area contributed by atoms with Gasteiger partial charge in [-0.3, -0.25) is 4.79 Å². The summed E-state index contributed by atoms with van der Waals surface area (Å²) in [4.78, 5) is 20.7. The highest BCUT2D eigenvalue weighted by Crippen LogP contribution is 2.40. The van der Waals surface area contributed by atoms with Crippen molar-refractivity contribution >= 4 is 5.91 Å². The van der Waals surface area contributed by atoms with Crippen LogP contribution in [0.25, 0.3) is 5.69 Å². The molecule has 0 saturated carbocycles. The molecule has 5 rings (SSSR count). The van der Waals surface area contributed by atoms with Crippen LogP contribution < -0.4 is 4.74 Å². The van der Waals surface area contributed by atoms with E-state index in [0.29, 0.717) is 23.7 Å². The Morgan fingerprint density at radius 3 is 2.58 bits per heavy atom. The summed E-state index contributed by atoms with van der Waals surface area (Å²) in [6, 6.07) is 7.05. The summed E-state index contributed by atoms with van der Waals surface area (Å²) in [5.41, 5.74) is 0.694. The highest BCUT2D eigenvalue weighted by molar-refractivity contribution is 5.98. The quantitative estimate of drug-likeness (QED) is 0.627. The fourth-order valence-electron chi connectivity index (χ4n) is 4.74. The van der Waals surface area contributed by atoms with Gasteiger partial charge in [-0.1, -0.05) is 0 Å². The number of rotatable bonds is 5. The van der Waals surface area contributed by atoms with Crippen LogP contribution in [0.5, 0.6) is 5.88 Å². The van der Waals surface area contributed by atoms with Gasteiger partial charge in [-0.15, -0.1) is 0 Å². The number of aromatic nitrogens is 4. The van der Waals surface area contributed by atoms with Crippen LogP contribution in [0.3, 0.4) is 0 Å². The first kappa shape index (κ1) is 19.6. The molecule has 160 valence electrons. The molecule has 0 aliphatic carbocycles. The van der Waals surface area contributed by atoms with Gasteiger partial charge in [-0.2, -0.15) is 15.0 Å². The van der Waals surface area contributed by atoms with Gasteiger partial charge < -0.3 is 9.64 Å². The van der Waals surface area contributed by atoms with Crippen molar-refractivity contribution in [2.75, 3.05) is 6.61 Å². The Morgan fingerprint density at radius 2 is 1.81 bits per heavy atom. The molecule has 4 heterocycles. The van der Waals surface area contributed by atoms with Crippen LogP contribution in [0.1, 0.15) is 36.0 Å². The monoisotopic (exact) mass is 425 g/mol. The van der Waals surface area contributed by atoms with E-state index in [1.54, 1.807) is 0 Å². The molecular formula is C22H21F2N5O2. The Labute approximate surface area is 177 Å². The van der Waals surface area contributed by atoms with E-state index >= 15 is 0 Å². The lowest BCUT2D eigenvalue weighted by Gasteiger charge is -2.40. The summed E-state index contributed by atoms with van der Waals surface area (Å²) in [6.45, 7) is 0.400. The molecule has 9 heteroatoms. The smallest absolute Gasteiger partial charge is 0.256 e. The maximum absolute atomic E-state index is 13.9. The number of amides is 1. The van der Waals surface area contributed by atoms with E-state index in [2.05, 4.69) is 15.2 Å². The lowest BCUT2D eigenvalue weighted by atomic mass is 9.90. The topological polar surface area (TPSA) is 73.1 Å². The van der Waals surface area contributed by atoms with Gasteiger partial charge in [0.05, 0.1) is 30.8 Å². The van der Waals surface area contributed by atoms with Gasteiger partial charge in [0.1, 0.15) is 17.3 Å². The Hall–Kier alpha value is -3.36. The van der Waals surface area contributed by atoms with Crippen LogP contribution in [0.15, 0.2) is 48.9 Å². The number of carbonyl (C=O) groups is 1. The molecule has 3 aromatic rings. The normalized spacial score (nSPS) is 22.5. The number of halogens is 2. The number of fused-ring (bicyclic) bond motifs is 2. The zero-order valence-corrected chi connectivity index (χ0v) is 16.7. The minimum atomic E-state index is -0.455. The molecule has 2 aromatic heterocycles. The van der Waals surface area contributed by atoms with Crippen molar-refractivity contribution in [3.8, 4) is 11.6 Å². The summed E-state index contributed by atoms with van der Waals surface area (Å²) >= 11 is 0. The van der Waals surface area contributed by atoms with Crippen LogP contribution in [0.4, 0.5) is 8.78 Å². The second kappa shape index (κ2) is 8.05. The number of benzene rings is 1. The summed E-state index contributed by atoms with van der Waals surface area (Å²) in [5, 5.41) is 8.14. The van der Waals surface area contributed by atoms with Gasteiger partial charge in [0.25, 0.3) is 5.91 Å². The fourth-order valence-corrected chi connectivity index (χ4v) is 4.74. The number of hydrogen-bond donors (Lipinski definition) is 0. The number of piperidine rings is 1. The molecular weight excluding hydrogens is 404 g/mol. The highest BCUT2D eigenvalue weighted by Gasteiger charge is 2.45. The first-order valence-corrected chi connectivity index (χ1v) is 10.3. The molecule has 1 amide bonds. The van der Waals surface area contributed by atoms with E-state index in [4.69, 9.17) is 4.74 Å². The van der Waals surface area contributed by atoms with Gasteiger partial charge in [-0.25, -0.2) is 13.8 Å². The molecule has 3 atom stereocenters. The van der Waals surface area contributed by atoms with E-state index in [9.17, 15) is 13.6 Å². The predicted octanol–water partition coefficient (Wildman–Crippen LogP) is 3.40. The van der Waals surface area contributed by atoms with E-state index in [0.717, 1.165) is 31.9 Å². The zero-order chi connectivity index (χ0) is 21.4. The molecule has 0 radical (unpaired) electrons. The van der Waals surface area contributed by atoms with Crippen molar-refractivity contribution in [2.24, 2.45) is 5.92 Å². The number of carbonyl (C=O) groups excluding carboxylic acids is 1. The first-order chi connectivity index (χ1) is 15.1. The third kappa shape index (κ3) is 3.75. The molecule has 2 unspecified atom stereocenters. The number of nitrogens with zero attached hydrogens (tertiary/aromatic N) is 5. The minimum Gasteiger partial charge on any atom is -0.477 e. The average molecular weight is 425 g/mol. The van der Waals surface area contributed by atoms with Gasteiger partial charge in [0.2, 0.25) is 5.88 Å². The third-order valence-corrected chi connectivity index (χ3v) is 6.17. The SMILES string of the molecule is O=C(c1ccc(F)cc1-n1nccn1)N1C2CCC1[C@@H](COc1ccc(F)cn1)CC2. The van der Waals surface area contributed by atoms with Crippen LogP contribution in [0.2, 0.25) is 0 Å². The van der Waals surface area contributed by atoms with Crippen molar-refractivity contribution in [3.05, 3.63) is 66.1 Å². The molecule has 0 N–H and O–H groups in total. The van der Waals surface area contributed by atoms with Gasteiger partial charge >= 0.3 is 0 Å². The van der Waals surface area contributed by atoms with E-state index in [1.807, 2.05) is 4.90 Å². The second-order valence-corrected chi connectivity index (χ2v) is 7.95. The molecule has 7 nitrogen and oxygen atoms in total. The van der Waals surface area contributed by atoms with E-state index in [-0.39, 0.29) is 23.9 Å². The van der Waals surface area contributed by atoms with Crippen molar-refractivity contribution in [1.82, 2.24) is 24.9 Å². The Kier molecular flexibility index (Phi) is 5.09. The predicted molar refractivity (Wildman–Crippen MR) is 107 cm³/mol. The Morgan fingerprint density at radius 1 is 1.03 bits per heavy atom. The Bertz CT molecular complexity index is 1070. The maximum atomic E-state index is 13.9. The fraction of sp³-hybridized carbons (Fsp3) is 0.364. The van der Waals surface area contributed by atoms with Crippen LogP contribution in [-0.4, -0.2) is 49.5 Å². The lowest BCUT2D eigenvalue weighted by Crippen LogP contribution is -2.49. The molecule has 2 aliphatic rings. The average Bonchev–Trinajstić information content (AvgIpc) is 3.41. The molecule has 2 saturated heterocycles. The van der Waals surface area contributed by atoms with Crippen LogP contribution in [0, 0.1) is 17.6 Å².